The van der Waals surface area contributed by atoms with Crippen LogP contribution in [0.1, 0.15) is 28.5 Å². The minimum Gasteiger partial charge on any atom is -0.393 e. The van der Waals surface area contributed by atoms with Crippen LogP contribution in [-0.2, 0) is 6.42 Å². The van der Waals surface area contributed by atoms with Gasteiger partial charge in [-0.25, -0.2) is 13.8 Å². The zero-order valence-corrected chi connectivity index (χ0v) is 16.1. The normalized spacial score (nSPS) is 12.0. The molecule has 4 N–H and O–H groups in total. The van der Waals surface area contributed by atoms with Crippen LogP contribution >= 0.6 is 11.3 Å². The molecule has 0 spiro atoms. The number of primary amides is 1. The lowest BCUT2D eigenvalue weighted by molar-refractivity contribution is 0.100. The van der Waals surface area contributed by atoms with Crippen molar-refractivity contribution in [2.24, 2.45) is 5.73 Å². The number of aryl methyl sites for hydroxylation is 1. The monoisotopic (exact) mass is 403 g/mol. The number of aromatic nitrogens is 1. The number of hydrogen-bond donors (Lipinski definition) is 3. The van der Waals surface area contributed by atoms with Gasteiger partial charge in [0.1, 0.15) is 22.5 Å². The van der Waals surface area contributed by atoms with Crippen LogP contribution in [0, 0.1) is 18.6 Å². The van der Waals surface area contributed by atoms with Gasteiger partial charge in [0.25, 0.3) is 5.91 Å². The van der Waals surface area contributed by atoms with Gasteiger partial charge in [0, 0.05) is 10.6 Å². The quantitative estimate of drug-likeness (QED) is 0.577. The zero-order valence-electron chi connectivity index (χ0n) is 15.3. The fourth-order valence-corrected chi connectivity index (χ4v) is 3.96. The number of pyridine rings is 1. The Hall–Kier alpha value is -2.84. The summed E-state index contributed by atoms with van der Waals surface area (Å²) < 4.78 is 29.2. The van der Waals surface area contributed by atoms with Crippen molar-refractivity contribution in [3.05, 3.63) is 64.9 Å². The van der Waals surface area contributed by atoms with Gasteiger partial charge in [0.2, 0.25) is 0 Å². The molecule has 0 radical (unpaired) electrons. The van der Waals surface area contributed by atoms with Crippen molar-refractivity contribution in [2.75, 3.05) is 5.32 Å². The molecule has 1 unspecified atom stereocenters. The average Bonchev–Trinajstić information content (AvgIpc) is 2.97. The molecule has 2 heterocycles. The lowest BCUT2D eigenvalue weighted by atomic mass is 10.0. The Morgan fingerprint density at radius 2 is 1.96 bits per heavy atom. The number of aliphatic hydroxyl groups is 1. The number of benzene rings is 1. The minimum absolute atomic E-state index is 0.121. The lowest BCUT2D eigenvalue weighted by Crippen LogP contribution is -2.11. The number of amides is 1. The summed E-state index contributed by atoms with van der Waals surface area (Å²) in [5.74, 6) is -1.77. The van der Waals surface area contributed by atoms with Crippen molar-refractivity contribution in [1.82, 2.24) is 4.98 Å². The van der Waals surface area contributed by atoms with Gasteiger partial charge in [-0.3, -0.25) is 4.79 Å². The number of halogens is 2. The van der Waals surface area contributed by atoms with Crippen molar-refractivity contribution in [3.63, 3.8) is 0 Å². The highest BCUT2D eigenvalue weighted by atomic mass is 32.1. The Kier molecular flexibility index (Phi) is 5.71. The molecule has 0 saturated heterocycles. The number of nitrogens with zero attached hydrogens (tertiary/aromatic N) is 1. The van der Waals surface area contributed by atoms with Gasteiger partial charge < -0.3 is 16.2 Å². The molecule has 3 aromatic rings. The van der Waals surface area contributed by atoms with Crippen molar-refractivity contribution in [1.29, 1.82) is 0 Å². The van der Waals surface area contributed by atoms with Crippen molar-refractivity contribution >= 4 is 28.1 Å². The molecule has 0 aliphatic heterocycles. The molecule has 0 aliphatic carbocycles. The topological polar surface area (TPSA) is 88.2 Å². The van der Waals surface area contributed by atoms with Crippen LogP contribution in [0.2, 0.25) is 0 Å². The Morgan fingerprint density at radius 1 is 1.29 bits per heavy atom. The molecule has 5 nitrogen and oxygen atoms in total. The third-order valence-corrected chi connectivity index (χ3v) is 5.07. The molecule has 1 aromatic carbocycles. The Balaban J connectivity index is 2.03. The highest BCUT2D eigenvalue weighted by molar-refractivity contribution is 7.20. The molecule has 28 heavy (non-hydrogen) atoms. The summed E-state index contributed by atoms with van der Waals surface area (Å²) in [5.41, 5.74) is 6.43. The zero-order chi connectivity index (χ0) is 20.4. The maximum atomic E-state index is 14.6. The Labute approximate surface area is 164 Å². The maximum Gasteiger partial charge on any atom is 0.251 e. The first-order valence-corrected chi connectivity index (χ1v) is 9.37. The average molecular weight is 403 g/mol. The molecule has 2 aromatic heterocycles. The second-order valence-electron chi connectivity index (χ2n) is 6.49. The summed E-state index contributed by atoms with van der Waals surface area (Å²) in [7, 11) is 0. The summed E-state index contributed by atoms with van der Waals surface area (Å²) in [6, 6.07) is 9.06. The number of rotatable bonds is 6. The van der Waals surface area contributed by atoms with Crippen LogP contribution in [0.5, 0.6) is 0 Å². The second kappa shape index (κ2) is 8.04. The maximum absolute atomic E-state index is 14.6. The highest BCUT2D eigenvalue weighted by Gasteiger charge is 2.21. The molecule has 0 aliphatic rings. The van der Waals surface area contributed by atoms with E-state index in [9.17, 15) is 18.7 Å². The minimum atomic E-state index is -0.770. The fraction of sp³-hybridized carbons (Fsp3) is 0.200. The summed E-state index contributed by atoms with van der Waals surface area (Å²) in [6.07, 6.45) is -0.581. The number of anilines is 2. The number of thiophene rings is 1. The molecule has 1 amide bonds. The van der Waals surface area contributed by atoms with Gasteiger partial charge in [-0.05, 0) is 56.2 Å². The molecular weight excluding hydrogens is 384 g/mol. The van der Waals surface area contributed by atoms with Crippen molar-refractivity contribution in [2.45, 2.75) is 26.4 Å². The third kappa shape index (κ3) is 4.35. The fourth-order valence-electron chi connectivity index (χ4n) is 2.84. The second-order valence-corrected chi connectivity index (χ2v) is 7.55. The van der Waals surface area contributed by atoms with Crippen LogP contribution in [-0.4, -0.2) is 22.1 Å². The summed E-state index contributed by atoms with van der Waals surface area (Å²) in [6.45, 7) is 3.36. The first-order valence-electron chi connectivity index (χ1n) is 8.55. The van der Waals surface area contributed by atoms with E-state index >= 15 is 0 Å². The third-order valence-electron chi connectivity index (χ3n) is 4.01. The van der Waals surface area contributed by atoms with Crippen LogP contribution < -0.4 is 11.1 Å². The SMILES string of the molecule is Cc1cccc(Nc2sc(-c3c(F)cc(CC(C)O)cc3F)cc2C(N)=O)n1. The predicted octanol–water partition coefficient (Wildman–Crippen LogP) is 4.16. The summed E-state index contributed by atoms with van der Waals surface area (Å²) in [5, 5.41) is 12.8. The molecule has 0 bridgehead atoms. The van der Waals surface area contributed by atoms with E-state index in [1.165, 1.54) is 18.2 Å². The van der Waals surface area contributed by atoms with Crippen molar-refractivity contribution in [3.8, 4) is 10.4 Å². The van der Waals surface area contributed by atoms with Crippen LogP contribution in [0.3, 0.4) is 0 Å². The van der Waals surface area contributed by atoms with Gasteiger partial charge in [0.05, 0.1) is 17.2 Å². The van der Waals surface area contributed by atoms with Gasteiger partial charge in [-0.1, -0.05) is 6.07 Å². The number of nitrogens with two attached hydrogens (primary N) is 1. The van der Waals surface area contributed by atoms with E-state index < -0.39 is 23.6 Å². The van der Waals surface area contributed by atoms with E-state index in [1.54, 1.807) is 19.1 Å². The molecule has 0 saturated carbocycles. The van der Waals surface area contributed by atoms with E-state index in [1.807, 2.05) is 13.0 Å². The molecular formula is C20H19F2N3O2S. The summed E-state index contributed by atoms with van der Waals surface area (Å²) in [4.78, 5) is 16.3. The first-order chi connectivity index (χ1) is 13.2. The van der Waals surface area contributed by atoms with Gasteiger partial charge in [-0.2, -0.15) is 0 Å². The Bertz CT molecular complexity index is 1010. The summed E-state index contributed by atoms with van der Waals surface area (Å²) >= 11 is 1.01. The van der Waals surface area contributed by atoms with Crippen LogP contribution in [0.25, 0.3) is 10.4 Å². The predicted molar refractivity (Wildman–Crippen MR) is 106 cm³/mol. The molecule has 146 valence electrons. The smallest absolute Gasteiger partial charge is 0.251 e. The van der Waals surface area contributed by atoms with E-state index in [2.05, 4.69) is 10.3 Å². The number of hydrogen-bond acceptors (Lipinski definition) is 5. The standard InChI is InChI=1S/C20H19F2N3O2S/c1-10-4-3-5-17(24-10)25-20-13(19(23)27)9-16(28-20)18-14(21)7-12(6-11(2)26)8-15(18)22/h3-5,7-9,11,26H,6H2,1-2H3,(H2,23,27)(H,24,25). The van der Waals surface area contributed by atoms with Crippen LogP contribution in [0.4, 0.5) is 19.6 Å². The largest absolute Gasteiger partial charge is 0.393 e. The van der Waals surface area contributed by atoms with Crippen LogP contribution in [0.15, 0.2) is 36.4 Å². The van der Waals surface area contributed by atoms with Crippen molar-refractivity contribution < 1.29 is 18.7 Å². The van der Waals surface area contributed by atoms with Gasteiger partial charge in [-0.15, -0.1) is 11.3 Å². The number of carbonyl (C=O) groups is 1. The number of nitrogens with one attached hydrogen (secondary N) is 1. The number of aliphatic hydroxyl groups excluding tert-OH is 1. The van der Waals surface area contributed by atoms with E-state index in [0.717, 1.165) is 17.0 Å². The van der Waals surface area contributed by atoms with Gasteiger partial charge >= 0.3 is 0 Å². The lowest BCUT2D eigenvalue weighted by Gasteiger charge is -2.08. The van der Waals surface area contributed by atoms with Gasteiger partial charge in [0.15, 0.2) is 0 Å². The first kappa shape index (κ1) is 19.9. The number of carbonyl (C=O) groups excluding carboxylic acids is 1. The van der Waals surface area contributed by atoms with E-state index in [4.69, 9.17) is 5.73 Å². The van der Waals surface area contributed by atoms with E-state index in [0.29, 0.717) is 16.4 Å². The molecule has 1 atom stereocenters. The van der Waals surface area contributed by atoms with E-state index in [-0.39, 0.29) is 22.4 Å². The Morgan fingerprint density at radius 3 is 2.54 bits per heavy atom. The highest BCUT2D eigenvalue weighted by Crippen LogP contribution is 2.39. The molecule has 8 heteroatoms. The molecule has 0 fully saturated rings. The molecule has 3 rings (SSSR count).